The molecule has 5 heteroatoms. The van der Waals surface area contributed by atoms with Crippen LogP contribution in [0.4, 0.5) is 4.39 Å². The molecule has 1 aliphatic rings. The Balaban J connectivity index is 1.84. The highest BCUT2D eigenvalue weighted by atomic mass is 19.1. The summed E-state index contributed by atoms with van der Waals surface area (Å²) >= 11 is 0. The monoisotopic (exact) mass is 290 g/mol. The van der Waals surface area contributed by atoms with Crippen molar-refractivity contribution in [3.63, 3.8) is 0 Å². The van der Waals surface area contributed by atoms with Crippen LogP contribution < -0.4 is 0 Å². The van der Waals surface area contributed by atoms with Crippen molar-refractivity contribution in [2.45, 2.75) is 19.8 Å². The first-order valence-electron chi connectivity index (χ1n) is 7.27. The Labute approximate surface area is 122 Å². The minimum absolute atomic E-state index is 0.0533. The molecular weight excluding hydrogens is 271 g/mol. The van der Waals surface area contributed by atoms with E-state index in [1.54, 1.807) is 11.0 Å². The fourth-order valence-corrected chi connectivity index (χ4v) is 2.98. The number of aliphatic hydroxyl groups is 1. The molecule has 1 fully saturated rings. The van der Waals surface area contributed by atoms with Crippen molar-refractivity contribution in [1.29, 1.82) is 0 Å². The fourth-order valence-electron chi connectivity index (χ4n) is 2.98. The van der Waals surface area contributed by atoms with Crippen LogP contribution in [0.25, 0.3) is 10.9 Å². The second-order valence-electron chi connectivity index (χ2n) is 5.79. The lowest BCUT2D eigenvalue weighted by atomic mass is 9.98. The number of aromatic nitrogens is 1. The number of nitrogens with one attached hydrogen (secondary N) is 1. The van der Waals surface area contributed by atoms with E-state index in [1.165, 1.54) is 12.1 Å². The number of benzene rings is 1. The number of carbonyl (C=O) groups is 1. The van der Waals surface area contributed by atoms with Gasteiger partial charge < -0.3 is 15.0 Å². The first kappa shape index (κ1) is 14.1. The van der Waals surface area contributed by atoms with Gasteiger partial charge in [0.2, 0.25) is 0 Å². The SMILES string of the molecule is Cc1cc(F)cc2[nH]c(C(=O)N3CCC(CO)CC3)cc12. The van der Waals surface area contributed by atoms with Crippen LogP contribution in [0.3, 0.4) is 0 Å². The van der Waals surface area contributed by atoms with Gasteiger partial charge in [0.05, 0.1) is 0 Å². The van der Waals surface area contributed by atoms with Crippen LogP contribution >= 0.6 is 0 Å². The highest BCUT2D eigenvalue weighted by Crippen LogP contribution is 2.23. The van der Waals surface area contributed by atoms with E-state index in [9.17, 15) is 9.18 Å². The van der Waals surface area contributed by atoms with Crippen LogP contribution in [0.5, 0.6) is 0 Å². The van der Waals surface area contributed by atoms with E-state index < -0.39 is 0 Å². The standard InChI is InChI=1S/C16H19FN2O2/c1-10-6-12(17)7-14-13(10)8-15(18-14)16(21)19-4-2-11(9-20)3-5-19/h6-8,11,18,20H,2-5,9H2,1H3. The van der Waals surface area contributed by atoms with Crippen LogP contribution in [0.15, 0.2) is 18.2 Å². The first-order valence-corrected chi connectivity index (χ1v) is 7.27. The van der Waals surface area contributed by atoms with Crippen molar-refractivity contribution in [3.05, 3.63) is 35.3 Å². The van der Waals surface area contributed by atoms with E-state index in [0.717, 1.165) is 23.8 Å². The smallest absolute Gasteiger partial charge is 0.270 e. The van der Waals surface area contributed by atoms with Crippen molar-refractivity contribution in [1.82, 2.24) is 9.88 Å². The molecule has 0 aliphatic carbocycles. The number of hydrogen-bond donors (Lipinski definition) is 2. The third kappa shape index (κ3) is 2.65. The van der Waals surface area contributed by atoms with Crippen LogP contribution in [-0.4, -0.2) is 40.6 Å². The van der Waals surface area contributed by atoms with Gasteiger partial charge in [-0.2, -0.15) is 0 Å². The van der Waals surface area contributed by atoms with E-state index in [0.29, 0.717) is 30.2 Å². The van der Waals surface area contributed by atoms with Gasteiger partial charge in [-0.3, -0.25) is 4.79 Å². The Morgan fingerprint density at radius 3 is 2.76 bits per heavy atom. The molecule has 0 radical (unpaired) electrons. The predicted molar refractivity (Wildman–Crippen MR) is 78.7 cm³/mol. The fraction of sp³-hybridized carbons (Fsp3) is 0.438. The van der Waals surface area contributed by atoms with E-state index in [-0.39, 0.29) is 18.3 Å². The number of piperidine rings is 1. The number of H-pyrrole nitrogens is 1. The summed E-state index contributed by atoms with van der Waals surface area (Å²) in [4.78, 5) is 17.3. The Morgan fingerprint density at radius 1 is 1.38 bits per heavy atom. The van der Waals surface area contributed by atoms with Crippen LogP contribution in [0.1, 0.15) is 28.9 Å². The molecule has 3 rings (SSSR count). The molecule has 112 valence electrons. The molecule has 21 heavy (non-hydrogen) atoms. The summed E-state index contributed by atoms with van der Waals surface area (Å²) in [5.41, 5.74) is 1.97. The number of aromatic amines is 1. The molecule has 2 heterocycles. The molecule has 1 aromatic heterocycles. The van der Waals surface area contributed by atoms with E-state index in [4.69, 9.17) is 5.11 Å². The van der Waals surface area contributed by atoms with E-state index >= 15 is 0 Å². The summed E-state index contributed by atoms with van der Waals surface area (Å²) in [6.45, 7) is 3.34. The quantitative estimate of drug-likeness (QED) is 0.892. The second-order valence-corrected chi connectivity index (χ2v) is 5.79. The minimum atomic E-state index is -0.301. The van der Waals surface area contributed by atoms with Crippen LogP contribution in [0.2, 0.25) is 0 Å². The minimum Gasteiger partial charge on any atom is -0.396 e. The van der Waals surface area contributed by atoms with Crippen LogP contribution in [0, 0.1) is 18.7 Å². The maximum Gasteiger partial charge on any atom is 0.270 e. The van der Waals surface area contributed by atoms with Gasteiger partial charge in [-0.25, -0.2) is 4.39 Å². The highest BCUT2D eigenvalue weighted by Gasteiger charge is 2.24. The number of fused-ring (bicyclic) bond motifs is 1. The zero-order valence-corrected chi connectivity index (χ0v) is 12.0. The molecule has 0 atom stereocenters. The van der Waals surface area contributed by atoms with E-state index in [2.05, 4.69) is 4.98 Å². The van der Waals surface area contributed by atoms with Gasteiger partial charge >= 0.3 is 0 Å². The molecule has 0 bridgehead atoms. The average molecular weight is 290 g/mol. The van der Waals surface area contributed by atoms with Gasteiger partial charge in [-0.15, -0.1) is 0 Å². The highest BCUT2D eigenvalue weighted by molar-refractivity contribution is 5.98. The number of rotatable bonds is 2. The lowest BCUT2D eigenvalue weighted by Crippen LogP contribution is -2.39. The topological polar surface area (TPSA) is 56.3 Å². The summed E-state index contributed by atoms with van der Waals surface area (Å²) in [6.07, 6.45) is 1.66. The third-order valence-corrected chi connectivity index (χ3v) is 4.30. The number of hydrogen-bond acceptors (Lipinski definition) is 2. The van der Waals surface area contributed by atoms with Crippen molar-refractivity contribution in [2.24, 2.45) is 5.92 Å². The van der Waals surface area contributed by atoms with Gasteiger partial charge in [-0.05, 0) is 49.4 Å². The normalized spacial score (nSPS) is 16.6. The predicted octanol–water partition coefficient (Wildman–Crippen LogP) is 2.46. The van der Waals surface area contributed by atoms with Gasteiger partial charge in [-0.1, -0.05) is 0 Å². The molecular formula is C16H19FN2O2. The molecule has 0 spiro atoms. The largest absolute Gasteiger partial charge is 0.396 e. The summed E-state index contributed by atoms with van der Waals surface area (Å²) < 4.78 is 13.4. The number of amides is 1. The zero-order valence-electron chi connectivity index (χ0n) is 12.0. The molecule has 4 nitrogen and oxygen atoms in total. The molecule has 2 aromatic rings. The summed E-state index contributed by atoms with van der Waals surface area (Å²) in [5.74, 6) is -0.0555. The Kier molecular flexibility index (Phi) is 3.68. The van der Waals surface area contributed by atoms with Crippen molar-refractivity contribution in [3.8, 4) is 0 Å². The lowest BCUT2D eigenvalue weighted by Gasteiger charge is -2.30. The lowest BCUT2D eigenvalue weighted by molar-refractivity contribution is 0.0646. The Morgan fingerprint density at radius 2 is 2.10 bits per heavy atom. The number of carbonyl (C=O) groups excluding carboxylic acids is 1. The summed E-state index contributed by atoms with van der Waals surface area (Å²) in [5, 5.41) is 10.0. The van der Waals surface area contributed by atoms with Crippen molar-refractivity contribution >= 4 is 16.8 Å². The Bertz CT molecular complexity index is 672. The van der Waals surface area contributed by atoms with Crippen molar-refractivity contribution < 1.29 is 14.3 Å². The second kappa shape index (κ2) is 5.48. The van der Waals surface area contributed by atoms with Gasteiger partial charge in [0, 0.05) is 30.6 Å². The van der Waals surface area contributed by atoms with Gasteiger partial charge in [0.25, 0.3) is 5.91 Å². The van der Waals surface area contributed by atoms with Gasteiger partial charge in [0.1, 0.15) is 11.5 Å². The summed E-state index contributed by atoms with van der Waals surface area (Å²) in [6, 6.07) is 4.68. The van der Waals surface area contributed by atoms with Crippen molar-refractivity contribution in [2.75, 3.05) is 19.7 Å². The first-order chi connectivity index (χ1) is 10.1. The number of nitrogens with zero attached hydrogens (tertiary/aromatic N) is 1. The molecule has 1 aromatic carbocycles. The molecule has 0 unspecified atom stereocenters. The molecule has 1 amide bonds. The molecule has 1 saturated heterocycles. The van der Waals surface area contributed by atoms with Crippen LogP contribution in [-0.2, 0) is 0 Å². The van der Waals surface area contributed by atoms with Gasteiger partial charge in [0.15, 0.2) is 0 Å². The maximum absolute atomic E-state index is 13.4. The third-order valence-electron chi connectivity index (χ3n) is 4.30. The molecule has 1 aliphatic heterocycles. The van der Waals surface area contributed by atoms with E-state index in [1.807, 2.05) is 6.92 Å². The number of aliphatic hydroxyl groups excluding tert-OH is 1. The molecule has 0 saturated carbocycles. The zero-order chi connectivity index (χ0) is 15.0. The summed E-state index contributed by atoms with van der Waals surface area (Å²) in [7, 11) is 0. The number of halogens is 1. The Hall–Kier alpha value is -1.88. The molecule has 2 N–H and O–H groups in total. The average Bonchev–Trinajstić information content (AvgIpc) is 2.91. The number of likely N-dealkylation sites (tertiary alicyclic amines) is 1. The number of aryl methyl sites for hydroxylation is 1. The maximum atomic E-state index is 13.4.